The van der Waals surface area contributed by atoms with Crippen LogP contribution >= 0.6 is 34.8 Å². The van der Waals surface area contributed by atoms with Gasteiger partial charge in [0, 0.05) is 66.0 Å². The molecular formula is C29H30Cl3N5O3. The number of nitrogens with one attached hydrogen (secondary N) is 3. The Hall–Kier alpha value is -3.46. The van der Waals surface area contributed by atoms with Crippen LogP contribution in [0, 0.1) is 0 Å². The SMILES string of the molecule is CNC(=O)N1CCCN(c2ccc(C(=O)NCCc3ccc(Cl)cc3Cl)cc2NC(=O)c2cccc(Cl)c2)CC1. The minimum atomic E-state index is -0.347. The van der Waals surface area contributed by atoms with Crippen molar-refractivity contribution in [2.75, 3.05) is 50.0 Å². The average molecular weight is 603 g/mol. The molecule has 1 fully saturated rings. The largest absolute Gasteiger partial charge is 0.368 e. The van der Waals surface area contributed by atoms with Gasteiger partial charge in [-0.3, -0.25) is 9.59 Å². The predicted molar refractivity (Wildman–Crippen MR) is 161 cm³/mol. The molecule has 1 aliphatic rings. The summed E-state index contributed by atoms with van der Waals surface area (Å²) >= 11 is 18.3. The maximum absolute atomic E-state index is 13.1. The van der Waals surface area contributed by atoms with Crippen molar-refractivity contribution in [3.63, 3.8) is 0 Å². The Labute approximate surface area is 248 Å². The van der Waals surface area contributed by atoms with Crippen LogP contribution in [0.2, 0.25) is 15.1 Å². The Kier molecular flexibility index (Phi) is 10.1. The van der Waals surface area contributed by atoms with Crippen molar-refractivity contribution in [2.45, 2.75) is 12.8 Å². The van der Waals surface area contributed by atoms with Crippen molar-refractivity contribution in [3.05, 3.63) is 92.4 Å². The number of rotatable bonds is 7. The summed E-state index contributed by atoms with van der Waals surface area (Å²) < 4.78 is 0. The third kappa shape index (κ3) is 7.59. The molecule has 4 rings (SSSR count). The van der Waals surface area contributed by atoms with Crippen LogP contribution < -0.4 is 20.9 Å². The van der Waals surface area contributed by atoms with Gasteiger partial charge >= 0.3 is 6.03 Å². The van der Waals surface area contributed by atoms with Crippen molar-refractivity contribution in [1.29, 1.82) is 0 Å². The topological polar surface area (TPSA) is 93.8 Å². The van der Waals surface area contributed by atoms with Crippen LogP contribution in [0.15, 0.2) is 60.7 Å². The van der Waals surface area contributed by atoms with E-state index in [0.717, 1.165) is 17.7 Å². The van der Waals surface area contributed by atoms with E-state index in [-0.39, 0.29) is 17.8 Å². The number of carbonyl (C=O) groups excluding carboxylic acids is 3. The number of benzene rings is 3. The first-order valence-corrected chi connectivity index (χ1v) is 14.0. The molecule has 4 amide bonds. The number of anilines is 2. The summed E-state index contributed by atoms with van der Waals surface area (Å²) in [4.78, 5) is 42.2. The molecule has 0 unspecified atom stereocenters. The van der Waals surface area contributed by atoms with Gasteiger partial charge in [0.1, 0.15) is 0 Å². The molecule has 3 aromatic carbocycles. The maximum atomic E-state index is 13.1. The van der Waals surface area contributed by atoms with Crippen LogP contribution in [-0.4, -0.2) is 62.5 Å². The quantitative estimate of drug-likeness (QED) is 0.322. The summed E-state index contributed by atoms with van der Waals surface area (Å²) in [5, 5.41) is 10.1. The van der Waals surface area contributed by atoms with Crippen molar-refractivity contribution in [3.8, 4) is 0 Å². The van der Waals surface area contributed by atoms with E-state index in [9.17, 15) is 14.4 Å². The second kappa shape index (κ2) is 13.7. The Morgan fingerprint density at radius 3 is 2.35 bits per heavy atom. The zero-order valence-corrected chi connectivity index (χ0v) is 24.2. The first-order chi connectivity index (χ1) is 19.2. The second-order valence-electron chi connectivity index (χ2n) is 9.32. The van der Waals surface area contributed by atoms with E-state index in [2.05, 4.69) is 20.9 Å². The van der Waals surface area contributed by atoms with E-state index in [1.807, 2.05) is 12.1 Å². The molecule has 0 bridgehead atoms. The van der Waals surface area contributed by atoms with Gasteiger partial charge in [0.25, 0.3) is 11.8 Å². The molecule has 3 N–H and O–H groups in total. The first kappa shape index (κ1) is 29.5. The molecule has 1 heterocycles. The highest BCUT2D eigenvalue weighted by atomic mass is 35.5. The molecule has 11 heteroatoms. The Bertz CT molecular complexity index is 1400. The zero-order valence-electron chi connectivity index (χ0n) is 22.0. The van der Waals surface area contributed by atoms with Gasteiger partial charge in [0.05, 0.1) is 11.4 Å². The number of urea groups is 1. The molecule has 40 heavy (non-hydrogen) atoms. The van der Waals surface area contributed by atoms with Crippen molar-refractivity contribution in [2.24, 2.45) is 0 Å². The number of nitrogens with zero attached hydrogens (tertiary/aromatic N) is 2. The van der Waals surface area contributed by atoms with Crippen LogP contribution in [0.25, 0.3) is 0 Å². The smallest absolute Gasteiger partial charge is 0.317 e. The second-order valence-corrected chi connectivity index (χ2v) is 10.6. The molecule has 8 nitrogen and oxygen atoms in total. The standard InChI is InChI=1S/C29H30Cl3N5O3/c1-33-29(40)37-13-3-12-36(14-15-37)26-9-7-21(17-25(26)35-28(39)20-4-2-5-22(30)16-20)27(38)34-11-10-19-6-8-23(31)18-24(19)32/h2,4-9,16-18H,3,10-15H2,1H3,(H,33,40)(H,34,38)(H,35,39). The van der Waals surface area contributed by atoms with Gasteiger partial charge in [-0.1, -0.05) is 46.9 Å². The monoisotopic (exact) mass is 601 g/mol. The molecule has 0 saturated carbocycles. The summed E-state index contributed by atoms with van der Waals surface area (Å²) in [6.07, 6.45) is 1.29. The predicted octanol–water partition coefficient (Wildman–Crippen LogP) is 5.72. The number of hydrogen-bond donors (Lipinski definition) is 3. The first-order valence-electron chi connectivity index (χ1n) is 12.9. The van der Waals surface area contributed by atoms with Gasteiger partial charge in [-0.15, -0.1) is 0 Å². The highest BCUT2D eigenvalue weighted by Gasteiger charge is 2.22. The minimum Gasteiger partial charge on any atom is -0.368 e. The lowest BCUT2D eigenvalue weighted by Crippen LogP contribution is -2.40. The summed E-state index contributed by atoms with van der Waals surface area (Å²) in [5.74, 6) is -0.628. The van der Waals surface area contributed by atoms with Crippen LogP contribution in [0.1, 0.15) is 32.7 Å². The molecule has 3 aromatic rings. The Morgan fingerprint density at radius 1 is 0.825 bits per heavy atom. The lowest BCUT2D eigenvalue weighted by atomic mass is 10.1. The van der Waals surface area contributed by atoms with Crippen molar-refractivity contribution >= 4 is 64.0 Å². The number of halogens is 3. The molecular weight excluding hydrogens is 573 g/mol. The van der Waals surface area contributed by atoms with E-state index in [4.69, 9.17) is 34.8 Å². The molecule has 1 saturated heterocycles. The van der Waals surface area contributed by atoms with E-state index in [0.29, 0.717) is 71.0 Å². The van der Waals surface area contributed by atoms with Gasteiger partial charge in [0.15, 0.2) is 0 Å². The third-order valence-corrected chi connectivity index (χ3v) is 7.45. The summed E-state index contributed by atoms with van der Waals surface area (Å²) in [5.41, 5.74) is 2.93. The lowest BCUT2D eigenvalue weighted by Gasteiger charge is -2.26. The fourth-order valence-corrected chi connectivity index (χ4v) is 5.23. The maximum Gasteiger partial charge on any atom is 0.317 e. The average Bonchev–Trinajstić information content (AvgIpc) is 3.20. The van der Waals surface area contributed by atoms with Gasteiger partial charge in [-0.25, -0.2) is 4.79 Å². The van der Waals surface area contributed by atoms with E-state index in [1.54, 1.807) is 60.5 Å². The summed E-state index contributed by atoms with van der Waals surface area (Å²) in [7, 11) is 1.61. The summed E-state index contributed by atoms with van der Waals surface area (Å²) in [6.45, 7) is 2.77. The van der Waals surface area contributed by atoms with E-state index in [1.165, 1.54) is 0 Å². The highest BCUT2D eigenvalue weighted by Crippen LogP contribution is 2.29. The van der Waals surface area contributed by atoms with Crippen LogP contribution in [0.3, 0.4) is 0 Å². The molecule has 0 aromatic heterocycles. The molecule has 210 valence electrons. The lowest BCUT2D eigenvalue weighted by molar-refractivity contribution is 0.0952. The van der Waals surface area contributed by atoms with Gasteiger partial charge in [-0.2, -0.15) is 0 Å². The van der Waals surface area contributed by atoms with E-state index < -0.39 is 0 Å². The van der Waals surface area contributed by atoms with Gasteiger partial charge in [0.2, 0.25) is 0 Å². The molecule has 0 atom stereocenters. The number of amides is 4. The highest BCUT2D eigenvalue weighted by molar-refractivity contribution is 6.35. The van der Waals surface area contributed by atoms with E-state index >= 15 is 0 Å². The van der Waals surface area contributed by atoms with Crippen LogP contribution in [0.4, 0.5) is 16.2 Å². The van der Waals surface area contributed by atoms with Crippen molar-refractivity contribution in [1.82, 2.24) is 15.5 Å². The molecule has 1 aliphatic heterocycles. The fraction of sp³-hybridized carbons (Fsp3) is 0.276. The van der Waals surface area contributed by atoms with Crippen LogP contribution in [0.5, 0.6) is 0 Å². The fourth-order valence-electron chi connectivity index (χ4n) is 4.53. The van der Waals surface area contributed by atoms with Crippen molar-refractivity contribution < 1.29 is 14.4 Å². The number of hydrogen-bond acceptors (Lipinski definition) is 4. The Morgan fingerprint density at radius 2 is 1.60 bits per heavy atom. The molecule has 0 radical (unpaired) electrons. The molecule has 0 spiro atoms. The van der Waals surface area contributed by atoms with Crippen LogP contribution in [-0.2, 0) is 6.42 Å². The zero-order chi connectivity index (χ0) is 28.6. The minimum absolute atomic E-state index is 0.122. The molecule has 0 aliphatic carbocycles. The Balaban J connectivity index is 1.54. The van der Waals surface area contributed by atoms with Gasteiger partial charge < -0.3 is 25.8 Å². The third-order valence-electron chi connectivity index (χ3n) is 6.63. The number of carbonyl (C=O) groups is 3. The van der Waals surface area contributed by atoms with Gasteiger partial charge in [-0.05, 0) is 66.9 Å². The summed E-state index contributed by atoms with van der Waals surface area (Å²) in [6, 6.07) is 17.0. The normalized spacial score (nSPS) is 13.4.